The van der Waals surface area contributed by atoms with Gasteiger partial charge in [0.15, 0.2) is 5.65 Å². The molecule has 2 aromatic heterocycles. The van der Waals surface area contributed by atoms with Gasteiger partial charge < -0.3 is 9.64 Å². The Morgan fingerprint density at radius 1 is 1.03 bits per heavy atom. The lowest BCUT2D eigenvalue weighted by molar-refractivity contribution is -0.137. The number of hydrogen-bond acceptors (Lipinski definition) is 5. The summed E-state index contributed by atoms with van der Waals surface area (Å²) in [5.41, 5.74) is 3.39. The summed E-state index contributed by atoms with van der Waals surface area (Å²) in [7, 11) is 1.63. The SMILES string of the molecule is COc1ccc(-c2ccnc3c2c(C)nn3CC(=O)N2CCN(Cc3cccc(C(F)(F)F)c3)CC2)cc1. The first-order valence-electron chi connectivity index (χ1n) is 12.4. The quantitative estimate of drug-likeness (QED) is 0.364. The largest absolute Gasteiger partial charge is 0.497 e. The van der Waals surface area contributed by atoms with Crippen LogP contribution in [0.5, 0.6) is 5.75 Å². The van der Waals surface area contributed by atoms with Crippen molar-refractivity contribution in [1.82, 2.24) is 24.6 Å². The van der Waals surface area contributed by atoms with Gasteiger partial charge in [-0.3, -0.25) is 9.69 Å². The standard InChI is InChI=1S/C28H28F3N5O2/c1-19-26-24(21-6-8-23(38-2)9-7-21)10-11-32-27(26)36(33-19)18-25(37)35-14-12-34(13-15-35)17-20-4-3-5-22(16-20)28(29,30)31/h3-11,16H,12-15,17-18H2,1-2H3. The summed E-state index contributed by atoms with van der Waals surface area (Å²) >= 11 is 0. The van der Waals surface area contributed by atoms with E-state index in [-0.39, 0.29) is 12.5 Å². The van der Waals surface area contributed by atoms with Gasteiger partial charge in [-0.05, 0) is 47.9 Å². The Balaban J connectivity index is 1.25. The highest BCUT2D eigenvalue weighted by molar-refractivity contribution is 5.95. The van der Waals surface area contributed by atoms with Crippen molar-refractivity contribution in [2.45, 2.75) is 26.2 Å². The van der Waals surface area contributed by atoms with Gasteiger partial charge >= 0.3 is 6.18 Å². The van der Waals surface area contributed by atoms with E-state index in [1.54, 1.807) is 29.0 Å². The van der Waals surface area contributed by atoms with Crippen molar-refractivity contribution in [3.05, 3.63) is 77.6 Å². The number of aromatic nitrogens is 3. The van der Waals surface area contributed by atoms with Crippen LogP contribution in [0.4, 0.5) is 13.2 Å². The Kier molecular flexibility index (Phi) is 7.07. The number of hydrogen-bond donors (Lipinski definition) is 0. The fourth-order valence-electron chi connectivity index (χ4n) is 4.89. The summed E-state index contributed by atoms with van der Waals surface area (Å²) in [6.45, 7) is 4.55. The van der Waals surface area contributed by atoms with Crippen molar-refractivity contribution in [3.63, 3.8) is 0 Å². The molecule has 0 aliphatic carbocycles. The lowest BCUT2D eigenvalue weighted by Crippen LogP contribution is -2.49. The van der Waals surface area contributed by atoms with Gasteiger partial charge in [0.1, 0.15) is 12.3 Å². The van der Waals surface area contributed by atoms with Crippen LogP contribution in [0.15, 0.2) is 60.8 Å². The minimum Gasteiger partial charge on any atom is -0.497 e. The molecule has 3 heterocycles. The summed E-state index contributed by atoms with van der Waals surface area (Å²) in [6, 6.07) is 15.1. The van der Waals surface area contributed by atoms with Crippen LogP contribution in [-0.2, 0) is 24.1 Å². The number of fused-ring (bicyclic) bond motifs is 1. The molecule has 0 bridgehead atoms. The number of rotatable bonds is 6. The van der Waals surface area contributed by atoms with Crippen molar-refractivity contribution < 1.29 is 22.7 Å². The average molecular weight is 524 g/mol. The molecule has 1 amide bonds. The molecule has 0 N–H and O–H groups in total. The van der Waals surface area contributed by atoms with Crippen molar-refractivity contribution in [2.75, 3.05) is 33.3 Å². The summed E-state index contributed by atoms with van der Waals surface area (Å²) in [6.07, 6.45) is -2.64. The molecular formula is C28H28F3N5O2. The summed E-state index contributed by atoms with van der Waals surface area (Å²) in [4.78, 5) is 21.5. The molecular weight excluding hydrogens is 495 g/mol. The maximum absolute atomic E-state index is 13.1. The number of halogens is 3. The summed E-state index contributed by atoms with van der Waals surface area (Å²) in [5, 5.41) is 5.52. The molecule has 1 aliphatic heterocycles. The highest BCUT2D eigenvalue weighted by atomic mass is 19.4. The molecule has 0 atom stereocenters. The fourth-order valence-corrected chi connectivity index (χ4v) is 4.89. The molecule has 0 unspecified atom stereocenters. The molecule has 5 rings (SSSR count). The van der Waals surface area contributed by atoms with E-state index in [0.717, 1.165) is 34.0 Å². The van der Waals surface area contributed by atoms with Crippen molar-refractivity contribution in [1.29, 1.82) is 0 Å². The Bertz CT molecular complexity index is 1440. The molecule has 0 saturated carbocycles. The first kappa shape index (κ1) is 25.7. The van der Waals surface area contributed by atoms with E-state index >= 15 is 0 Å². The second kappa shape index (κ2) is 10.4. The number of aryl methyl sites for hydroxylation is 1. The van der Waals surface area contributed by atoms with Crippen LogP contribution in [0.1, 0.15) is 16.8 Å². The molecule has 10 heteroatoms. The number of benzene rings is 2. The second-order valence-electron chi connectivity index (χ2n) is 9.38. The van der Waals surface area contributed by atoms with Crippen LogP contribution in [0.25, 0.3) is 22.2 Å². The molecule has 2 aromatic carbocycles. The van der Waals surface area contributed by atoms with E-state index in [9.17, 15) is 18.0 Å². The predicted octanol–water partition coefficient (Wildman–Crippen LogP) is 4.78. The normalized spacial score (nSPS) is 14.7. The smallest absolute Gasteiger partial charge is 0.416 e. The number of ether oxygens (including phenoxy) is 1. The average Bonchev–Trinajstić information content (AvgIpc) is 3.24. The summed E-state index contributed by atoms with van der Waals surface area (Å²) < 4.78 is 46.0. The van der Waals surface area contributed by atoms with Crippen molar-refractivity contribution in [2.24, 2.45) is 0 Å². The Labute approximate surface area is 218 Å². The number of piperazine rings is 1. The first-order valence-corrected chi connectivity index (χ1v) is 12.4. The summed E-state index contributed by atoms with van der Waals surface area (Å²) in [5.74, 6) is 0.705. The van der Waals surface area contributed by atoms with Gasteiger partial charge in [0.05, 0.1) is 18.4 Å². The number of nitrogens with zero attached hydrogens (tertiary/aromatic N) is 5. The Morgan fingerprint density at radius 3 is 2.45 bits per heavy atom. The van der Waals surface area contributed by atoms with Gasteiger partial charge in [-0.15, -0.1) is 0 Å². The minimum atomic E-state index is -4.36. The molecule has 1 saturated heterocycles. The Hall–Kier alpha value is -3.92. The number of pyridine rings is 1. The third kappa shape index (κ3) is 5.35. The third-order valence-electron chi connectivity index (χ3n) is 6.88. The molecule has 1 aliphatic rings. The maximum Gasteiger partial charge on any atom is 0.416 e. The Morgan fingerprint density at radius 2 is 1.76 bits per heavy atom. The lowest BCUT2D eigenvalue weighted by Gasteiger charge is -2.34. The highest BCUT2D eigenvalue weighted by Crippen LogP contribution is 2.31. The topological polar surface area (TPSA) is 63.5 Å². The van der Waals surface area contributed by atoms with Crippen LogP contribution in [-0.4, -0.2) is 63.8 Å². The lowest BCUT2D eigenvalue weighted by atomic mass is 10.0. The van der Waals surface area contributed by atoms with E-state index in [1.165, 1.54) is 12.1 Å². The zero-order chi connectivity index (χ0) is 26.9. The van der Waals surface area contributed by atoms with Crippen LogP contribution in [0.3, 0.4) is 0 Å². The molecule has 0 spiro atoms. The van der Waals surface area contributed by atoms with Crippen LogP contribution in [0.2, 0.25) is 0 Å². The fraction of sp³-hybridized carbons (Fsp3) is 0.321. The number of alkyl halides is 3. The van der Waals surface area contributed by atoms with Gasteiger partial charge in [0, 0.05) is 44.3 Å². The van der Waals surface area contributed by atoms with Crippen molar-refractivity contribution >= 4 is 16.9 Å². The number of amides is 1. The van der Waals surface area contributed by atoms with Crippen LogP contribution < -0.4 is 4.74 Å². The molecule has 7 nitrogen and oxygen atoms in total. The van der Waals surface area contributed by atoms with Gasteiger partial charge in [-0.25, -0.2) is 9.67 Å². The van der Waals surface area contributed by atoms with Crippen molar-refractivity contribution in [3.8, 4) is 16.9 Å². The molecule has 38 heavy (non-hydrogen) atoms. The van der Waals surface area contributed by atoms with E-state index < -0.39 is 11.7 Å². The predicted molar refractivity (Wildman–Crippen MR) is 138 cm³/mol. The van der Waals surface area contributed by atoms with Gasteiger partial charge in [-0.2, -0.15) is 18.3 Å². The van der Waals surface area contributed by atoms with Crippen LogP contribution >= 0.6 is 0 Å². The van der Waals surface area contributed by atoms with Gasteiger partial charge in [0.25, 0.3) is 0 Å². The third-order valence-corrected chi connectivity index (χ3v) is 6.88. The van der Waals surface area contributed by atoms with E-state index in [2.05, 4.69) is 15.0 Å². The second-order valence-corrected chi connectivity index (χ2v) is 9.38. The molecule has 198 valence electrons. The molecule has 1 fully saturated rings. The zero-order valence-corrected chi connectivity index (χ0v) is 21.2. The van der Waals surface area contributed by atoms with E-state index in [4.69, 9.17) is 4.74 Å². The monoisotopic (exact) mass is 523 g/mol. The van der Waals surface area contributed by atoms with Gasteiger partial charge in [-0.1, -0.05) is 30.3 Å². The number of methoxy groups -OCH3 is 1. The van der Waals surface area contributed by atoms with E-state index in [1.807, 2.05) is 37.3 Å². The number of carbonyl (C=O) groups excluding carboxylic acids is 1. The molecule has 0 radical (unpaired) electrons. The number of carbonyl (C=O) groups is 1. The van der Waals surface area contributed by atoms with Gasteiger partial charge in [0.2, 0.25) is 5.91 Å². The maximum atomic E-state index is 13.1. The van der Waals surface area contributed by atoms with Crippen LogP contribution in [0, 0.1) is 6.92 Å². The zero-order valence-electron chi connectivity index (χ0n) is 21.2. The van der Waals surface area contributed by atoms with E-state index in [0.29, 0.717) is 43.9 Å². The molecule has 4 aromatic rings. The highest BCUT2D eigenvalue weighted by Gasteiger charge is 2.30. The minimum absolute atomic E-state index is 0.0650. The first-order chi connectivity index (χ1) is 18.2.